The largest absolute Gasteiger partial charge is 0.299 e. The smallest absolute Gasteiger partial charge is 0.143 e. The van der Waals surface area contributed by atoms with Crippen LogP contribution in [0, 0.1) is 6.92 Å². The maximum Gasteiger partial charge on any atom is 0.143 e. The van der Waals surface area contributed by atoms with E-state index in [0.717, 1.165) is 22.7 Å². The van der Waals surface area contributed by atoms with Crippen molar-refractivity contribution in [3.05, 3.63) is 28.2 Å². The number of hydrogen-bond donors (Lipinski definition) is 0. The lowest BCUT2D eigenvalue weighted by molar-refractivity contribution is -0.117. The van der Waals surface area contributed by atoms with Gasteiger partial charge in [-0.1, -0.05) is 19.1 Å². The van der Waals surface area contributed by atoms with Crippen LogP contribution in [0.4, 0.5) is 0 Å². The Bertz CT molecular complexity index is 341. The van der Waals surface area contributed by atoms with Crippen LogP contribution in [0.2, 0.25) is 0 Å². The molecule has 0 bridgehead atoms. The number of rotatable bonds is 5. The number of carbonyl (C=O) groups is 1. The van der Waals surface area contributed by atoms with E-state index in [0.29, 0.717) is 12.8 Å². The van der Waals surface area contributed by atoms with Gasteiger partial charge in [0.25, 0.3) is 0 Å². The van der Waals surface area contributed by atoms with Crippen LogP contribution >= 0.6 is 11.3 Å². The number of ketones is 1. The Morgan fingerprint density at radius 2 is 2.36 bits per heavy atom. The average molecular weight is 209 g/mol. The first-order chi connectivity index (χ1) is 6.61. The van der Waals surface area contributed by atoms with Crippen LogP contribution in [-0.2, 0) is 11.2 Å². The van der Waals surface area contributed by atoms with E-state index in [-0.39, 0.29) is 5.78 Å². The van der Waals surface area contributed by atoms with Gasteiger partial charge in [-0.25, -0.2) is 4.98 Å². The highest BCUT2D eigenvalue weighted by Crippen LogP contribution is 2.12. The minimum Gasteiger partial charge on any atom is -0.299 e. The molecule has 0 aliphatic carbocycles. The lowest BCUT2D eigenvalue weighted by Crippen LogP contribution is -2.03. The lowest BCUT2D eigenvalue weighted by atomic mass is 10.1. The molecule has 0 radical (unpaired) electrons. The highest BCUT2D eigenvalue weighted by atomic mass is 32.1. The third-order valence-electron chi connectivity index (χ3n) is 1.96. The summed E-state index contributed by atoms with van der Waals surface area (Å²) in [5, 5.41) is 2.88. The first kappa shape index (κ1) is 11.1. The zero-order chi connectivity index (χ0) is 10.6. The second kappa shape index (κ2) is 5.05. The van der Waals surface area contributed by atoms with E-state index in [4.69, 9.17) is 0 Å². The highest BCUT2D eigenvalue weighted by molar-refractivity contribution is 7.09. The molecular weight excluding hydrogens is 194 g/mol. The molecule has 0 fully saturated rings. The molecule has 1 heterocycles. The fraction of sp³-hybridized carbons (Fsp3) is 0.455. The van der Waals surface area contributed by atoms with Crippen molar-refractivity contribution in [2.24, 2.45) is 0 Å². The van der Waals surface area contributed by atoms with E-state index in [1.54, 1.807) is 11.3 Å². The Kier molecular flexibility index (Phi) is 4.01. The Morgan fingerprint density at radius 3 is 2.86 bits per heavy atom. The first-order valence-electron chi connectivity index (χ1n) is 4.71. The van der Waals surface area contributed by atoms with Crippen LogP contribution in [0.1, 0.15) is 30.5 Å². The summed E-state index contributed by atoms with van der Waals surface area (Å²) < 4.78 is 0. The van der Waals surface area contributed by atoms with Crippen molar-refractivity contribution < 1.29 is 4.79 Å². The van der Waals surface area contributed by atoms with Crippen molar-refractivity contribution in [2.45, 2.75) is 33.1 Å². The molecule has 1 aromatic rings. The molecule has 1 rings (SSSR count). The monoisotopic (exact) mass is 209 g/mol. The average Bonchev–Trinajstić information content (AvgIpc) is 2.50. The summed E-state index contributed by atoms with van der Waals surface area (Å²) in [6, 6.07) is 0. The van der Waals surface area contributed by atoms with E-state index >= 15 is 0 Å². The number of aryl methyl sites for hydroxylation is 1. The van der Waals surface area contributed by atoms with Gasteiger partial charge in [-0.15, -0.1) is 11.3 Å². The SMILES string of the molecule is C=C(CC)CC(=O)Cc1nc(C)cs1. The third-order valence-corrected chi connectivity index (χ3v) is 2.93. The number of nitrogens with zero attached hydrogens (tertiary/aromatic N) is 1. The molecule has 0 amide bonds. The van der Waals surface area contributed by atoms with E-state index in [1.807, 2.05) is 19.2 Å². The Labute approximate surface area is 88.7 Å². The standard InChI is InChI=1S/C11H15NOS/c1-4-8(2)5-10(13)6-11-12-9(3)7-14-11/h7H,2,4-6H2,1,3H3. The summed E-state index contributed by atoms with van der Waals surface area (Å²) >= 11 is 1.55. The van der Waals surface area contributed by atoms with Crippen LogP contribution in [0.25, 0.3) is 0 Å². The van der Waals surface area contributed by atoms with E-state index < -0.39 is 0 Å². The normalized spacial score (nSPS) is 10.1. The maximum absolute atomic E-state index is 11.5. The van der Waals surface area contributed by atoms with Crippen molar-refractivity contribution in [1.29, 1.82) is 0 Å². The van der Waals surface area contributed by atoms with Gasteiger partial charge in [-0.05, 0) is 13.3 Å². The predicted molar refractivity (Wildman–Crippen MR) is 59.6 cm³/mol. The summed E-state index contributed by atoms with van der Waals surface area (Å²) in [7, 11) is 0. The zero-order valence-electron chi connectivity index (χ0n) is 8.67. The molecular formula is C11H15NOS. The lowest BCUT2D eigenvalue weighted by Gasteiger charge is -1.99. The van der Waals surface area contributed by atoms with Crippen LogP contribution in [0.15, 0.2) is 17.5 Å². The minimum atomic E-state index is 0.214. The molecule has 0 saturated heterocycles. The second-order valence-electron chi connectivity index (χ2n) is 3.38. The molecule has 0 aliphatic rings. The highest BCUT2D eigenvalue weighted by Gasteiger charge is 2.07. The van der Waals surface area contributed by atoms with Gasteiger partial charge in [0.15, 0.2) is 0 Å². The molecule has 0 N–H and O–H groups in total. The topological polar surface area (TPSA) is 30.0 Å². The van der Waals surface area contributed by atoms with E-state index in [1.165, 1.54) is 0 Å². The van der Waals surface area contributed by atoms with Gasteiger partial charge in [0.05, 0.1) is 6.42 Å². The fourth-order valence-electron chi connectivity index (χ4n) is 1.12. The van der Waals surface area contributed by atoms with Gasteiger partial charge >= 0.3 is 0 Å². The third kappa shape index (κ3) is 3.42. The Balaban J connectivity index is 2.45. The van der Waals surface area contributed by atoms with Crippen molar-refractivity contribution in [3.8, 4) is 0 Å². The molecule has 3 heteroatoms. The minimum absolute atomic E-state index is 0.214. The van der Waals surface area contributed by atoms with Crippen LogP contribution in [0.5, 0.6) is 0 Å². The van der Waals surface area contributed by atoms with Gasteiger partial charge in [0.1, 0.15) is 10.8 Å². The molecule has 0 aliphatic heterocycles. The molecule has 0 spiro atoms. The molecule has 0 aromatic carbocycles. The zero-order valence-corrected chi connectivity index (χ0v) is 9.49. The summed E-state index contributed by atoms with van der Waals surface area (Å²) in [5.41, 5.74) is 2.00. The predicted octanol–water partition coefficient (Wildman–Crippen LogP) is 2.92. The quantitative estimate of drug-likeness (QED) is 0.698. The van der Waals surface area contributed by atoms with Gasteiger partial charge in [-0.3, -0.25) is 4.79 Å². The molecule has 76 valence electrons. The maximum atomic E-state index is 11.5. The van der Waals surface area contributed by atoms with Gasteiger partial charge in [-0.2, -0.15) is 0 Å². The van der Waals surface area contributed by atoms with Gasteiger partial charge < -0.3 is 0 Å². The van der Waals surface area contributed by atoms with E-state index in [2.05, 4.69) is 11.6 Å². The van der Waals surface area contributed by atoms with Crippen LogP contribution in [0.3, 0.4) is 0 Å². The second-order valence-corrected chi connectivity index (χ2v) is 4.32. The molecule has 0 unspecified atom stereocenters. The number of allylic oxidation sites excluding steroid dienone is 1. The summed E-state index contributed by atoms with van der Waals surface area (Å²) in [4.78, 5) is 15.7. The van der Waals surface area contributed by atoms with E-state index in [9.17, 15) is 4.79 Å². The molecule has 2 nitrogen and oxygen atoms in total. The summed E-state index contributed by atoms with van der Waals surface area (Å²) in [6.45, 7) is 7.78. The molecule has 0 atom stereocenters. The number of aromatic nitrogens is 1. The number of thiazole rings is 1. The Hall–Kier alpha value is -0.960. The Morgan fingerprint density at radius 1 is 1.64 bits per heavy atom. The number of carbonyl (C=O) groups excluding carboxylic acids is 1. The number of Topliss-reactive ketones (excluding diaryl/α,β-unsaturated/α-hetero) is 1. The van der Waals surface area contributed by atoms with Crippen LogP contribution in [-0.4, -0.2) is 10.8 Å². The van der Waals surface area contributed by atoms with Crippen LogP contribution < -0.4 is 0 Å². The van der Waals surface area contributed by atoms with Gasteiger partial charge in [0, 0.05) is 17.5 Å². The first-order valence-corrected chi connectivity index (χ1v) is 5.59. The fourth-order valence-corrected chi connectivity index (χ4v) is 1.92. The molecule has 14 heavy (non-hydrogen) atoms. The summed E-state index contributed by atoms with van der Waals surface area (Å²) in [5.74, 6) is 0.214. The molecule has 1 aromatic heterocycles. The van der Waals surface area contributed by atoms with Crippen molar-refractivity contribution >= 4 is 17.1 Å². The molecule has 0 saturated carbocycles. The van der Waals surface area contributed by atoms with Gasteiger partial charge in [0.2, 0.25) is 0 Å². The summed E-state index contributed by atoms with van der Waals surface area (Å²) in [6.07, 6.45) is 1.83. The van der Waals surface area contributed by atoms with Crippen molar-refractivity contribution in [2.75, 3.05) is 0 Å². The van der Waals surface area contributed by atoms with Crippen molar-refractivity contribution in [3.63, 3.8) is 0 Å². The number of hydrogen-bond acceptors (Lipinski definition) is 3. The van der Waals surface area contributed by atoms with Crippen molar-refractivity contribution in [1.82, 2.24) is 4.98 Å².